The Hall–Kier alpha value is -1.75. The van der Waals surface area contributed by atoms with Gasteiger partial charge in [-0.15, -0.1) is 0 Å². The van der Waals surface area contributed by atoms with Crippen molar-refractivity contribution in [2.75, 3.05) is 19.6 Å². The molecule has 1 aromatic rings. The molecule has 4 nitrogen and oxygen atoms in total. The van der Waals surface area contributed by atoms with Gasteiger partial charge in [-0.3, -0.25) is 9.59 Å². The molecule has 0 spiro atoms. The molecule has 1 saturated heterocycles. The van der Waals surface area contributed by atoms with Gasteiger partial charge >= 0.3 is 0 Å². The minimum absolute atomic E-state index is 0.0333. The summed E-state index contributed by atoms with van der Waals surface area (Å²) in [5.74, 6) is -0.448. The first-order valence-corrected chi connectivity index (χ1v) is 7.90. The highest BCUT2D eigenvalue weighted by Gasteiger charge is 2.25. The smallest absolute Gasteiger partial charge is 0.223 e. The second kappa shape index (κ2) is 8.03. The highest BCUT2D eigenvalue weighted by atomic mass is 19.1. The number of amides is 1. The number of nitrogens with one attached hydrogen (secondary N) is 1. The Morgan fingerprint density at radius 1 is 1.27 bits per heavy atom. The van der Waals surface area contributed by atoms with Gasteiger partial charge in [0, 0.05) is 37.5 Å². The molecule has 5 heteroatoms. The van der Waals surface area contributed by atoms with Gasteiger partial charge in [0.05, 0.1) is 0 Å². The fraction of sp³-hybridized carbons (Fsp3) is 0.529. The van der Waals surface area contributed by atoms with Crippen LogP contribution in [0.3, 0.4) is 0 Å². The number of halogens is 1. The highest BCUT2D eigenvalue weighted by Crippen LogP contribution is 2.13. The van der Waals surface area contributed by atoms with Crippen molar-refractivity contribution in [1.29, 1.82) is 0 Å². The molecule has 22 heavy (non-hydrogen) atoms. The van der Waals surface area contributed by atoms with Gasteiger partial charge in [0.25, 0.3) is 0 Å². The van der Waals surface area contributed by atoms with E-state index in [-0.39, 0.29) is 36.4 Å². The largest absolute Gasteiger partial charge is 0.338 e. The summed E-state index contributed by atoms with van der Waals surface area (Å²) in [5.41, 5.74) is 0.457. The molecule has 1 heterocycles. The summed E-state index contributed by atoms with van der Waals surface area (Å²) in [7, 11) is 0. The van der Waals surface area contributed by atoms with Crippen LogP contribution in [0.25, 0.3) is 0 Å². The third kappa shape index (κ3) is 4.37. The highest BCUT2D eigenvalue weighted by molar-refractivity contribution is 5.97. The Labute approximate surface area is 130 Å². The number of Topliss-reactive ketones (excluding diaryl/α,β-unsaturated/α-hetero) is 1. The van der Waals surface area contributed by atoms with Crippen LogP contribution >= 0.6 is 0 Å². The van der Waals surface area contributed by atoms with Gasteiger partial charge in [0.15, 0.2) is 5.78 Å². The van der Waals surface area contributed by atoms with Gasteiger partial charge in [-0.05, 0) is 43.7 Å². The predicted molar refractivity (Wildman–Crippen MR) is 83.2 cm³/mol. The Kier molecular flexibility index (Phi) is 6.07. The number of hydrogen-bond acceptors (Lipinski definition) is 3. The fourth-order valence-corrected chi connectivity index (χ4v) is 2.80. The maximum absolute atomic E-state index is 12.8. The molecule has 1 aliphatic heterocycles. The first-order chi connectivity index (χ1) is 10.6. The van der Waals surface area contributed by atoms with E-state index in [0.717, 1.165) is 32.5 Å². The summed E-state index contributed by atoms with van der Waals surface area (Å²) in [4.78, 5) is 26.4. The topological polar surface area (TPSA) is 49.4 Å². The van der Waals surface area contributed by atoms with E-state index >= 15 is 0 Å². The molecule has 1 unspecified atom stereocenters. The lowest BCUT2D eigenvalue weighted by Crippen LogP contribution is -2.42. The first-order valence-electron chi connectivity index (χ1n) is 7.90. The van der Waals surface area contributed by atoms with Crippen molar-refractivity contribution >= 4 is 11.7 Å². The Balaban J connectivity index is 1.89. The molecule has 0 radical (unpaired) electrons. The zero-order chi connectivity index (χ0) is 15.9. The van der Waals surface area contributed by atoms with Gasteiger partial charge in [0.2, 0.25) is 5.91 Å². The summed E-state index contributed by atoms with van der Waals surface area (Å²) >= 11 is 0. The molecule has 1 aliphatic rings. The lowest BCUT2D eigenvalue weighted by molar-refractivity contribution is -0.133. The van der Waals surface area contributed by atoms with Crippen molar-refractivity contribution in [3.05, 3.63) is 35.6 Å². The number of benzene rings is 1. The monoisotopic (exact) mass is 306 g/mol. The molecular formula is C17H23FN2O2. The summed E-state index contributed by atoms with van der Waals surface area (Å²) in [6.45, 7) is 4.55. The molecule has 0 aromatic heterocycles. The van der Waals surface area contributed by atoms with Crippen LogP contribution in [0.2, 0.25) is 0 Å². The summed E-state index contributed by atoms with van der Waals surface area (Å²) in [6.07, 6.45) is 2.27. The van der Waals surface area contributed by atoms with E-state index in [1.165, 1.54) is 24.3 Å². The zero-order valence-electron chi connectivity index (χ0n) is 13.0. The van der Waals surface area contributed by atoms with Gasteiger partial charge in [-0.2, -0.15) is 0 Å². The first kappa shape index (κ1) is 16.6. The second-order valence-corrected chi connectivity index (χ2v) is 5.66. The average Bonchev–Trinajstić information content (AvgIpc) is 3.04. The molecule has 0 bridgehead atoms. The number of hydrogen-bond donors (Lipinski definition) is 1. The fourth-order valence-electron chi connectivity index (χ4n) is 2.80. The molecule has 1 atom stereocenters. The van der Waals surface area contributed by atoms with Crippen LogP contribution in [0.4, 0.5) is 4.39 Å². The molecular weight excluding hydrogens is 283 g/mol. The van der Waals surface area contributed by atoms with Crippen molar-refractivity contribution in [2.24, 2.45) is 0 Å². The third-order valence-corrected chi connectivity index (χ3v) is 3.99. The van der Waals surface area contributed by atoms with Crippen molar-refractivity contribution in [1.82, 2.24) is 10.2 Å². The van der Waals surface area contributed by atoms with Gasteiger partial charge < -0.3 is 10.2 Å². The molecule has 1 amide bonds. The second-order valence-electron chi connectivity index (χ2n) is 5.66. The van der Waals surface area contributed by atoms with Crippen LogP contribution < -0.4 is 5.32 Å². The number of carbonyl (C=O) groups excluding carboxylic acids is 2. The van der Waals surface area contributed by atoms with Gasteiger partial charge in [0.1, 0.15) is 5.82 Å². The number of nitrogens with zero attached hydrogens (tertiary/aromatic N) is 1. The number of ketones is 1. The van der Waals surface area contributed by atoms with Crippen molar-refractivity contribution in [3.8, 4) is 0 Å². The van der Waals surface area contributed by atoms with Crippen LogP contribution in [-0.2, 0) is 4.79 Å². The van der Waals surface area contributed by atoms with Crippen LogP contribution in [-0.4, -0.2) is 42.3 Å². The number of rotatable bonds is 7. The minimum atomic E-state index is -0.365. The average molecular weight is 306 g/mol. The van der Waals surface area contributed by atoms with E-state index in [0.29, 0.717) is 5.56 Å². The van der Waals surface area contributed by atoms with Crippen molar-refractivity contribution in [2.45, 2.75) is 38.6 Å². The summed E-state index contributed by atoms with van der Waals surface area (Å²) in [6, 6.07) is 5.71. The van der Waals surface area contributed by atoms with E-state index in [9.17, 15) is 14.0 Å². The normalized spacial score (nSPS) is 17.5. The molecule has 0 aliphatic carbocycles. The molecule has 0 saturated carbocycles. The number of carbonyl (C=O) groups is 2. The van der Waals surface area contributed by atoms with Crippen LogP contribution in [0.15, 0.2) is 24.3 Å². The maximum atomic E-state index is 12.8. The Morgan fingerprint density at radius 3 is 2.59 bits per heavy atom. The predicted octanol–water partition coefficient (Wildman–Crippen LogP) is 2.39. The minimum Gasteiger partial charge on any atom is -0.338 e. The summed E-state index contributed by atoms with van der Waals surface area (Å²) < 4.78 is 12.8. The molecule has 120 valence electrons. The van der Waals surface area contributed by atoms with E-state index in [2.05, 4.69) is 5.32 Å². The van der Waals surface area contributed by atoms with Crippen molar-refractivity contribution in [3.63, 3.8) is 0 Å². The van der Waals surface area contributed by atoms with E-state index in [1.54, 1.807) is 0 Å². The lowest BCUT2D eigenvalue weighted by Gasteiger charge is -2.28. The van der Waals surface area contributed by atoms with E-state index < -0.39 is 0 Å². The van der Waals surface area contributed by atoms with Crippen molar-refractivity contribution < 1.29 is 14.0 Å². The summed E-state index contributed by atoms with van der Waals surface area (Å²) in [5, 5.41) is 3.27. The van der Waals surface area contributed by atoms with E-state index in [1.807, 2.05) is 11.8 Å². The Bertz CT molecular complexity index is 510. The maximum Gasteiger partial charge on any atom is 0.223 e. The molecule has 1 aromatic carbocycles. The quantitative estimate of drug-likeness (QED) is 0.787. The van der Waals surface area contributed by atoms with Crippen LogP contribution in [0.5, 0.6) is 0 Å². The van der Waals surface area contributed by atoms with Gasteiger partial charge in [-0.1, -0.05) is 6.92 Å². The SMILES string of the molecule is CCCN(C(=O)CCC(=O)c1ccc(F)cc1)C1CCNC1. The van der Waals surface area contributed by atoms with E-state index in [4.69, 9.17) is 0 Å². The zero-order valence-corrected chi connectivity index (χ0v) is 13.0. The lowest BCUT2D eigenvalue weighted by atomic mass is 10.1. The third-order valence-electron chi connectivity index (χ3n) is 3.99. The Morgan fingerprint density at radius 2 is 2.00 bits per heavy atom. The van der Waals surface area contributed by atoms with Crippen LogP contribution in [0.1, 0.15) is 43.0 Å². The molecule has 1 fully saturated rings. The van der Waals surface area contributed by atoms with Crippen LogP contribution in [0, 0.1) is 5.82 Å². The van der Waals surface area contributed by atoms with Gasteiger partial charge in [-0.25, -0.2) is 4.39 Å². The molecule has 2 rings (SSSR count). The standard InChI is InChI=1S/C17H23FN2O2/c1-2-11-20(15-9-10-19-12-15)17(22)8-7-16(21)13-3-5-14(18)6-4-13/h3-6,15,19H,2,7-12H2,1H3. The molecule has 1 N–H and O–H groups in total.